The molecule has 0 N–H and O–H groups in total. The minimum Gasteiger partial charge on any atom is -0.460 e. The average Bonchev–Trinajstić information content (AvgIpc) is 3.37. The van der Waals surface area contributed by atoms with Crippen molar-refractivity contribution in [1.82, 2.24) is 24.2 Å². The van der Waals surface area contributed by atoms with Gasteiger partial charge in [0.2, 0.25) is 5.91 Å². The molecule has 0 radical (unpaired) electrons. The first-order chi connectivity index (χ1) is 13.9. The number of piperidine rings is 1. The van der Waals surface area contributed by atoms with Crippen molar-refractivity contribution >= 4 is 11.9 Å². The molecule has 2 saturated heterocycles. The first-order valence-electron chi connectivity index (χ1n) is 10.4. The number of cyclic esters (lactones) is 1. The largest absolute Gasteiger partial charge is 0.460 e. The van der Waals surface area contributed by atoms with Gasteiger partial charge in [-0.2, -0.15) is 5.10 Å². The van der Waals surface area contributed by atoms with Gasteiger partial charge in [-0.25, -0.2) is 4.98 Å². The Balaban J connectivity index is 1.35. The zero-order valence-corrected chi connectivity index (χ0v) is 17.4. The smallest absolute Gasteiger partial charge is 0.312 e. The molecular weight excluding hydrogens is 370 g/mol. The molecule has 2 fully saturated rings. The molecule has 8 nitrogen and oxygen atoms in total. The summed E-state index contributed by atoms with van der Waals surface area (Å²) in [7, 11) is 0. The van der Waals surface area contributed by atoms with E-state index in [0.29, 0.717) is 38.9 Å². The first-order valence-corrected chi connectivity index (χ1v) is 10.4. The molecule has 1 unspecified atom stereocenters. The van der Waals surface area contributed by atoms with Crippen LogP contribution >= 0.6 is 0 Å². The number of likely N-dealkylation sites (tertiary alicyclic amines) is 1. The van der Waals surface area contributed by atoms with Crippen LogP contribution in [0.5, 0.6) is 0 Å². The third-order valence-corrected chi connectivity index (χ3v) is 6.54. The molecule has 2 aliphatic rings. The Morgan fingerprint density at radius 1 is 1.31 bits per heavy atom. The van der Waals surface area contributed by atoms with Crippen LogP contribution in [0.3, 0.4) is 0 Å². The van der Waals surface area contributed by atoms with Crippen molar-refractivity contribution in [3.05, 3.63) is 35.7 Å². The molecule has 1 amide bonds. The molecule has 0 bridgehead atoms. The van der Waals surface area contributed by atoms with Gasteiger partial charge >= 0.3 is 5.97 Å². The molecule has 4 heterocycles. The third-order valence-electron chi connectivity index (χ3n) is 6.54. The SMILES string of the molecule is CCc1c(C)nn(CC(=O)N2CCC3(CC2)CC(Cn2ccnc2)OC3=O)c1C. The van der Waals surface area contributed by atoms with Crippen LogP contribution in [-0.2, 0) is 33.8 Å². The summed E-state index contributed by atoms with van der Waals surface area (Å²) in [6, 6.07) is 0. The fraction of sp³-hybridized carbons (Fsp3) is 0.619. The van der Waals surface area contributed by atoms with E-state index in [1.54, 1.807) is 12.5 Å². The highest BCUT2D eigenvalue weighted by molar-refractivity contribution is 5.80. The summed E-state index contributed by atoms with van der Waals surface area (Å²) in [6.07, 6.45) is 8.17. The number of carbonyl (C=O) groups excluding carboxylic acids is 2. The van der Waals surface area contributed by atoms with Crippen molar-refractivity contribution < 1.29 is 14.3 Å². The molecule has 2 aromatic heterocycles. The van der Waals surface area contributed by atoms with E-state index >= 15 is 0 Å². The van der Waals surface area contributed by atoms with Crippen LogP contribution < -0.4 is 0 Å². The van der Waals surface area contributed by atoms with Crippen LogP contribution in [0.15, 0.2) is 18.7 Å². The molecular formula is C21H29N5O3. The maximum absolute atomic E-state index is 12.8. The number of esters is 1. The van der Waals surface area contributed by atoms with E-state index in [0.717, 1.165) is 17.8 Å². The summed E-state index contributed by atoms with van der Waals surface area (Å²) >= 11 is 0. The second kappa shape index (κ2) is 7.65. The molecule has 4 rings (SSSR count). The van der Waals surface area contributed by atoms with Crippen molar-refractivity contribution in [2.75, 3.05) is 13.1 Å². The Morgan fingerprint density at radius 3 is 2.69 bits per heavy atom. The quantitative estimate of drug-likeness (QED) is 0.717. The van der Waals surface area contributed by atoms with Gasteiger partial charge in [-0.05, 0) is 38.7 Å². The van der Waals surface area contributed by atoms with Gasteiger partial charge in [0.25, 0.3) is 0 Å². The molecule has 0 saturated carbocycles. The van der Waals surface area contributed by atoms with Crippen LogP contribution in [0, 0.1) is 19.3 Å². The topological polar surface area (TPSA) is 82.2 Å². The lowest BCUT2D eigenvalue weighted by Crippen LogP contribution is -2.46. The van der Waals surface area contributed by atoms with Gasteiger partial charge in [-0.15, -0.1) is 0 Å². The van der Waals surface area contributed by atoms with Crippen molar-refractivity contribution in [2.24, 2.45) is 5.41 Å². The molecule has 29 heavy (non-hydrogen) atoms. The molecule has 8 heteroatoms. The zero-order chi connectivity index (χ0) is 20.6. The van der Waals surface area contributed by atoms with E-state index < -0.39 is 5.41 Å². The predicted octanol–water partition coefficient (Wildman–Crippen LogP) is 1.88. The number of nitrogens with zero attached hydrogens (tertiary/aromatic N) is 5. The lowest BCUT2D eigenvalue weighted by Gasteiger charge is -2.36. The van der Waals surface area contributed by atoms with Gasteiger partial charge in [0.1, 0.15) is 12.6 Å². The number of ether oxygens (including phenoxy) is 1. The number of aromatic nitrogens is 4. The second-order valence-electron chi connectivity index (χ2n) is 8.31. The fourth-order valence-corrected chi connectivity index (χ4v) is 4.79. The Bertz CT molecular complexity index is 894. The van der Waals surface area contributed by atoms with Crippen molar-refractivity contribution in [2.45, 2.75) is 65.6 Å². The Kier molecular flexibility index (Phi) is 5.19. The van der Waals surface area contributed by atoms with Crippen molar-refractivity contribution in [3.8, 4) is 0 Å². The van der Waals surface area contributed by atoms with Crippen LogP contribution in [-0.4, -0.2) is 55.3 Å². The van der Waals surface area contributed by atoms with Crippen molar-refractivity contribution in [3.63, 3.8) is 0 Å². The molecule has 0 aromatic carbocycles. The van der Waals surface area contributed by atoms with Gasteiger partial charge in [-0.3, -0.25) is 14.3 Å². The Hall–Kier alpha value is -2.64. The number of hydrogen-bond acceptors (Lipinski definition) is 5. The number of imidazole rings is 1. The van der Waals surface area contributed by atoms with Crippen LogP contribution in [0.25, 0.3) is 0 Å². The van der Waals surface area contributed by atoms with Crippen molar-refractivity contribution in [1.29, 1.82) is 0 Å². The number of hydrogen-bond donors (Lipinski definition) is 0. The van der Waals surface area contributed by atoms with Gasteiger partial charge in [0.15, 0.2) is 0 Å². The van der Waals surface area contributed by atoms with E-state index in [9.17, 15) is 9.59 Å². The minimum atomic E-state index is -0.449. The lowest BCUT2D eigenvalue weighted by molar-refractivity contribution is -0.152. The zero-order valence-electron chi connectivity index (χ0n) is 17.4. The minimum absolute atomic E-state index is 0.0643. The monoisotopic (exact) mass is 399 g/mol. The summed E-state index contributed by atoms with van der Waals surface area (Å²) in [4.78, 5) is 31.3. The summed E-state index contributed by atoms with van der Waals surface area (Å²) in [5.41, 5.74) is 2.82. The normalized spacial score (nSPS) is 21.0. The third kappa shape index (κ3) is 3.68. The van der Waals surface area contributed by atoms with E-state index in [-0.39, 0.29) is 24.5 Å². The van der Waals surface area contributed by atoms with Crippen LogP contribution in [0.1, 0.15) is 43.1 Å². The number of rotatable bonds is 5. The highest BCUT2D eigenvalue weighted by Crippen LogP contribution is 2.43. The van der Waals surface area contributed by atoms with Gasteiger partial charge in [-0.1, -0.05) is 6.92 Å². The second-order valence-corrected chi connectivity index (χ2v) is 8.31. The Labute approximate surface area is 170 Å². The lowest BCUT2D eigenvalue weighted by atomic mass is 9.76. The maximum Gasteiger partial charge on any atom is 0.312 e. The highest BCUT2D eigenvalue weighted by atomic mass is 16.6. The highest BCUT2D eigenvalue weighted by Gasteiger charge is 2.50. The molecule has 1 atom stereocenters. The van der Waals surface area contributed by atoms with E-state index in [4.69, 9.17) is 4.74 Å². The average molecular weight is 399 g/mol. The summed E-state index contributed by atoms with van der Waals surface area (Å²) in [5.74, 6) is -0.0460. The molecule has 0 aliphatic carbocycles. The number of amides is 1. The molecule has 2 aliphatic heterocycles. The summed E-state index contributed by atoms with van der Waals surface area (Å²) in [5, 5.41) is 4.53. The van der Waals surface area contributed by atoms with Gasteiger partial charge < -0.3 is 14.2 Å². The van der Waals surface area contributed by atoms with Gasteiger partial charge in [0.05, 0.1) is 24.0 Å². The molecule has 1 spiro atoms. The van der Waals surface area contributed by atoms with Crippen LogP contribution in [0.2, 0.25) is 0 Å². The van der Waals surface area contributed by atoms with Gasteiger partial charge in [0, 0.05) is 37.6 Å². The maximum atomic E-state index is 12.8. The van der Waals surface area contributed by atoms with E-state index in [2.05, 4.69) is 17.0 Å². The van der Waals surface area contributed by atoms with E-state index in [1.807, 2.05) is 34.2 Å². The molecule has 2 aromatic rings. The Morgan fingerprint density at radius 2 is 2.07 bits per heavy atom. The number of carbonyl (C=O) groups is 2. The standard InChI is InChI=1S/C21H29N5O3/c1-4-18-15(2)23-26(16(18)3)13-19(27)25-8-5-21(6-9-25)11-17(29-20(21)28)12-24-10-7-22-14-24/h7,10,14,17H,4-6,8-9,11-13H2,1-3H3. The summed E-state index contributed by atoms with van der Waals surface area (Å²) in [6.45, 7) is 8.18. The molecule has 156 valence electrons. The van der Waals surface area contributed by atoms with Crippen LogP contribution in [0.4, 0.5) is 0 Å². The summed E-state index contributed by atoms with van der Waals surface area (Å²) < 4.78 is 9.41. The number of aryl methyl sites for hydroxylation is 1. The van der Waals surface area contributed by atoms with E-state index in [1.165, 1.54) is 5.56 Å². The fourth-order valence-electron chi connectivity index (χ4n) is 4.79. The predicted molar refractivity (Wildman–Crippen MR) is 106 cm³/mol. The first kappa shape index (κ1) is 19.7.